The summed E-state index contributed by atoms with van der Waals surface area (Å²) in [7, 11) is 1.58. The number of nitro groups is 1. The van der Waals surface area contributed by atoms with Gasteiger partial charge in [-0.15, -0.1) is 0 Å². The average Bonchev–Trinajstić information content (AvgIpc) is 2.46. The molecule has 0 aliphatic rings. The molecule has 0 aromatic carbocycles. The summed E-state index contributed by atoms with van der Waals surface area (Å²) in [5.74, 6) is 0.0955. The van der Waals surface area contributed by atoms with Crippen molar-refractivity contribution in [2.24, 2.45) is 10.9 Å². The number of hydrogen-bond donors (Lipinski definition) is 2. The van der Waals surface area contributed by atoms with Crippen molar-refractivity contribution in [1.29, 1.82) is 0 Å². The Morgan fingerprint density at radius 1 is 1.65 bits per heavy atom. The lowest BCUT2D eigenvalue weighted by molar-refractivity contribution is -0.385. The lowest BCUT2D eigenvalue weighted by Gasteiger charge is -2.21. The van der Waals surface area contributed by atoms with Crippen LogP contribution in [0.25, 0.3) is 0 Å². The Morgan fingerprint density at radius 3 is 2.85 bits per heavy atom. The standard InChI is InChI=1S/C11H17N5O4/c1-3-15(6-7-20-2)9-5-4-8(16(18)19)10(13-9)11(12)14-17/h4-5,17H,3,6-7H2,1-2H3,(H2,12,14). The maximum atomic E-state index is 10.9. The summed E-state index contributed by atoms with van der Waals surface area (Å²) in [5.41, 5.74) is 4.96. The van der Waals surface area contributed by atoms with Gasteiger partial charge in [0.05, 0.1) is 11.5 Å². The molecule has 0 spiro atoms. The number of hydrogen-bond acceptors (Lipinski definition) is 7. The fourth-order valence-electron chi connectivity index (χ4n) is 1.64. The van der Waals surface area contributed by atoms with Crippen LogP contribution in [0, 0.1) is 10.1 Å². The zero-order chi connectivity index (χ0) is 15.1. The van der Waals surface area contributed by atoms with E-state index in [-0.39, 0.29) is 11.4 Å². The molecule has 0 saturated carbocycles. The molecule has 1 aromatic heterocycles. The van der Waals surface area contributed by atoms with Gasteiger partial charge in [0, 0.05) is 26.3 Å². The van der Waals surface area contributed by atoms with Crippen LogP contribution in [-0.4, -0.2) is 47.8 Å². The van der Waals surface area contributed by atoms with Gasteiger partial charge in [-0.25, -0.2) is 4.98 Å². The van der Waals surface area contributed by atoms with Gasteiger partial charge in [0.15, 0.2) is 11.5 Å². The summed E-state index contributed by atoms with van der Waals surface area (Å²) in [6.45, 7) is 3.63. The lowest BCUT2D eigenvalue weighted by atomic mass is 10.2. The molecule has 1 heterocycles. The number of rotatable bonds is 7. The number of nitrogens with two attached hydrogens (primary N) is 1. The fourth-order valence-corrected chi connectivity index (χ4v) is 1.64. The highest BCUT2D eigenvalue weighted by Gasteiger charge is 2.21. The van der Waals surface area contributed by atoms with Gasteiger partial charge < -0.3 is 20.6 Å². The van der Waals surface area contributed by atoms with Crippen molar-refractivity contribution >= 4 is 17.3 Å². The average molecular weight is 283 g/mol. The van der Waals surface area contributed by atoms with Crippen LogP contribution >= 0.6 is 0 Å². The molecule has 9 nitrogen and oxygen atoms in total. The van der Waals surface area contributed by atoms with Crippen LogP contribution in [0.2, 0.25) is 0 Å². The predicted molar refractivity (Wildman–Crippen MR) is 73.2 cm³/mol. The number of amidine groups is 1. The summed E-state index contributed by atoms with van der Waals surface area (Å²) < 4.78 is 4.99. The van der Waals surface area contributed by atoms with Crippen molar-refractivity contribution in [3.8, 4) is 0 Å². The van der Waals surface area contributed by atoms with Gasteiger partial charge in [-0.05, 0) is 13.0 Å². The minimum Gasteiger partial charge on any atom is -0.409 e. The molecule has 3 N–H and O–H groups in total. The maximum absolute atomic E-state index is 10.9. The SMILES string of the molecule is CCN(CCOC)c1ccc([N+](=O)[O-])c(/C(N)=N/O)n1. The lowest BCUT2D eigenvalue weighted by Crippen LogP contribution is -2.29. The van der Waals surface area contributed by atoms with E-state index in [1.54, 1.807) is 7.11 Å². The summed E-state index contributed by atoms with van der Waals surface area (Å²) in [4.78, 5) is 16.2. The van der Waals surface area contributed by atoms with Gasteiger partial charge in [-0.3, -0.25) is 10.1 Å². The van der Waals surface area contributed by atoms with E-state index in [1.165, 1.54) is 12.1 Å². The molecular weight excluding hydrogens is 266 g/mol. The van der Waals surface area contributed by atoms with E-state index < -0.39 is 10.8 Å². The number of methoxy groups -OCH3 is 1. The Balaban J connectivity index is 3.20. The number of ether oxygens (including phenoxy) is 1. The Hall–Kier alpha value is -2.42. The normalized spacial score (nSPS) is 11.4. The van der Waals surface area contributed by atoms with Gasteiger partial charge in [0.1, 0.15) is 5.82 Å². The van der Waals surface area contributed by atoms with Crippen molar-refractivity contribution in [3.05, 3.63) is 27.9 Å². The van der Waals surface area contributed by atoms with E-state index in [0.717, 1.165) is 0 Å². The van der Waals surface area contributed by atoms with E-state index in [0.29, 0.717) is 25.5 Å². The van der Waals surface area contributed by atoms with Crippen molar-refractivity contribution < 1.29 is 14.9 Å². The summed E-state index contributed by atoms with van der Waals surface area (Å²) in [6, 6.07) is 2.80. The third-order valence-corrected chi connectivity index (χ3v) is 2.68. The quantitative estimate of drug-likeness (QED) is 0.246. The zero-order valence-electron chi connectivity index (χ0n) is 11.3. The number of oxime groups is 1. The van der Waals surface area contributed by atoms with Gasteiger partial charge in [-0.1, -0.05) is 5.16 Å². The fraction of sp³-hybridized carbons (Fsp3) is 0.455. The predicted octanol–water partition coefficient (Wildman–Crippen LogP) is 0.557. The number of pyridine rings is 1. The van der Waals surface area contributed by atoms with Crippen LogP contribution in [0.1, 0.15) is 12.6 Å². The van der Waals surface area contributed by atoms with E-state index in [4.69, 9.17) is 15.7 Å². The topological polar surface area (TPSA) is 127 Å². The van der Waals surface area contributed by atoms with Gasteiger partial charge in [0.25, 0.3) is 5.69 Å². The molecule has 0 saturated heterocycles. The number of anilines is 1. The molecular formula is C11H17N5O4. The highest BCUT2D eigenvalue weighted by Crippen LogP contribution is 2.21. The second kappa shape index (κ2) is 7.24. The van der Waals surface area contributed by atoms with Crippen LogP contribution in [0.5, 0.6) is 0 Å². The summed E-state index contributed by atoms with van der Waals surface area (Å²) in [5, 5.41) is 22.4. The minimum absolute atomic E-state index is 0.161. The number of nitrogens with zero attached hydrogens (tertiary/aromatic N) is 4. The molecule has 0 radical (unpaired) electrons. The molecule has 0 amide bonds. The van der Waals surface area contributed by atoms with Crippen LogP contribution < -0.4 is 10.6 Å². The largest absolute Gasteiger partial charge is 0.409 e. The molecule has 0 unspecified atom stereocenters. The third-order valence-electron chi connectivity index (χ3n) is 2.68. The minimum atomic E-state index is -0.629. The van der Waals surface area contributed by atoms with Gasteiger partial charge in [-0.2, -0.15) is 0 Å². The highest BCUT2D eigenvalue weighted by molar-refractivity contribution is 5.99. The van der Waals surface area contributed by atoms with Crippen molar-refractivity contribution in [1.82, 2.24) is 4.98 Å². The smallest absolute Gasteiger partial charge is 0.298 e. The third kappa shape index (κ3) is 3.54. The van der Waals surface area contributed by atoms with Crippen LogP contribution in [0.4, 0.5) is 11.5 Å². The number of aromatic nitrogens is 1. The molecule has 20 heavy (non-hydrogen) atoms. The molecule has 0 aliphatic heterocycles. The molecule has 0 atom stereocenters. The molecule has 1 rings (SSSR count). The Morgan fingerprint density at radius 2 is 2.35 bits per heavy atom. The van der Waals surface area contributed by atoms with Crippen molar-refractivity contribution in [2.45, 2.75) is 6.92 Å². The number of likely N-dealkylation sites (N-methyl/N-ethyl adjacent to an activating group) is 1. The molecule has 0 bridgehead atoms. The Bertz CT molecular complexity index is 506. The molecule has 1 aromatic rings. The first-order valence-electron chi connectivity index (χ1n) is 5.92. The first-order valence-corrected chi connectivity index (χ1v) is 5.92. The molecule has 110 valence electrons. The first-order chi connectivity index (χ1) is 9.54. The van der Waals surface area contributed by atoms with E-state index in [1.807, 2.05) is 11.8 Å². The highest BCUT2D eigenvalue weighted by atomic mass is 16.6. The second-order valence-corrected chi connectivity index (χ2v) is 3.85. The molecule has 0 fully saturated rings. The van der Waals surface area contributed by atoms with E-state index in [2.05, 4.69) is 10.1 Å². The van der Waals surface area contributed by atoms with E-state index in [9.17, 15) is 10.1 Å². The molecule has 9 heteroatoms. The van der Waals surface area contributed by atoms with Crippen molar-refractivity contribution in [2.75, 3.05) is 31.7 Å². The van der Waals surface area contributed by atoms with Crippen LogP contribution in [0.3, 0.4) is 0 Å². The molecule has 0 aliphatic carbocycles. The van der Waals surface area contributed by atoms with Gasteiger partial charge >= 0.3 is 0 Å². The van der Waals surface area contributed by atoms with Crippen LogP contribution in [0.15, 0.2) is 17.3 Å². The Labute approximate surface area is 115 Å². The van der Waals surface area contributed by atoms with Gasteiger partial charge in [0.2, 0.25) is 0 Å². The van der Waals surface area contributed by atoms with Crippen LogP contribution in [-0.2, 0) is 4.74 Å². The monoisotopic (exact) mass is 283 g/mol. The Kier molecular flexibility index (Phi) is 5.66. The summed E-state index contributed by atoms with van der Waals surface area (Å²) >= 11 is 0. The summed E-state index contributed by atoms with van der Waals surface area (Å²) in [6.07, 6.45) is 0. The second-order valence-electron chi connectivity index (χ2n) is 3.85. The zero-order valence-corrected chi connectivity index (χ0v) is 11.3. The maximum Gasteiger partial charge on any atom is 0.298 e. The van der Waals surface area contributed by atoms with Crippen molar-refractivity contribution in [3.63, 3.8) is 0 Å². The first kappa shape index (κ1) is 15.6. The van der Waals surface area contributed by atoms with E-state index >= 15 is 0 Å².